The first-order valence-corrected chi connectivity index (χ1v) is 14.8. The van der Waals surface area contributed by atoms with Gasteiger partial charge >= 0.3 is 26.2 Å². The zero-order chi connectivity index (χ0) is 28.8. The minimum Gasteiger partial charge on any atom is -0.214 e. The van der Waals surface area contributed by atoms with Gasteiger partial charge in [0, 0.05) is 0 Å². The molecule has 0 N–H and O–H groups in total. The van der Waals surface area contributed by atoms with Gasteiger partial charge in [-0.05, 0) is 12.0 Å². The molecular formula is C43H31Zr. The average Bonchev–Trinajstić information content (AvgIpc) is 3.85. The average molecular weight is 639 g/mol. The zero-order valence-corrected chi connectivity index (χ0v) is 26.9. The molecule has 1 aliphatic rings. The molecule has 0 unspecified atom stereocenters. The Hall–Kier alpha value is -4.58. The van der Waals surface area contributed by atoms with Crippen molar-refractivity contribution in [3.8, 4) is 33.4 Å². The predicted octanol–water partition coefficient (Wildman–Crippen LogP) is 11.5. The van der Waals surface area contributed by atoms with E-state index in [9.17, 15) is 0 Å². The second-order valence-electron chi connectivity index (χ2n) is 10.8. The molecular weight excluding hydrogens is 608 g/mol. The van der Waals surface area contributed by atoms with Crippen molar-refractivity contribution in [3.05, 3.63) is 193 Å². The molecule has 9 rings (SSSR count). The summed E-state index contributed by atoms with van der Waals surface area (Å²) in [5.74, 6) is 0. The summed E-state index contributed by atoms with van der Waals surface area (Å²) in [6.07, 6.45) is 0.973. The number of hydrogen-bond donors (Lipinski definition) is 0. The molecule has 0 spiro atoms. The van der Waals surface area contributed by atoms with Crippen molar-refractivity contribution in [2.45, 2.75) is 6.42 Å². The maximum Gasteiger partial charge on any atom is 3.00 e. The number of rotatable bonds is 2. The summed E-state index contributed by atoms with van der Waals surface area (Å²) in [5.41, 5.74) is 10.3. The van der Waals surface area contributed by atoms with E-state index in [-0.39, 0.29) is 26.2 Å². The summed E-state index contributed by atoms with van der Waals surface area (Å²) in [5, 5.41) is 5.39. The number of hydrogen-bond acceptors (Lipinski definition) is 0. The fraction of sp³-hybridized carbons (Fsp3) is 0.0233. The van der Waals surface area contributed by atoms with E-state index in [4.69, 9.17) is 0 Å². The van der Waals surface area contributed by atoms with Crippen LogP contribution in [0.1, 0.15) is 11.1 Å². The van der Waals surface area contributed by atoms with Crippen molar-refractivity contribution in [2.24, 2.45) is 0 Å². The van der Waals surface area contributed by atoms with Crippen LogP contribution in [-0.2, 0) is 32.6 Å². The van der Waals surface area contributed by atoms with E-state index in [1.165, 1.54) is 66.1 Å². The van der Waals surface area contributed by atoms with Crippen LogP contribution in [0.3, 0.4) is 0 Å². The monoisotopic (exact) mass is 637 g/mol. The summed E-state index contributed by atoms with van der Waals surface area (Å²) in [6.45, 7) is 0. The smallest absolute Gasteiger partial charge is 0.214 e. The molecule has 0 bridgehead atoms. The van der Waals surface area contributed by atoms with Crippen LogP contribution in [0.15, 0.2) is 176 Å². The van der Waals surface area contributed by atoms with Crippen LogP contribution >= 0.6 is 0 Å². The molecule has 44 heavy (non-hydrogen) atoms. The SMILES string of the molecule is [Zr+3].[c-]1c2c(cc(-c3ccccc3)c1-c1ccccc1)-c1ccccc1C2.c1cc[cH-]c1.c1ccc2c(c1)[cH-]c1ccccc12. The maximum atomic E-state index is 3.76. The Labute approximate surface area is 279 Å². The molecule has 1 heteroatoms. The molecule has 1 aliphatic carbocycles. The molecule has 0 fully saturated rings. The van der Waals surface area contributed by atoms with Crippen LogP contribution in [0, 0.1) is 6.07 Å². The second-order valence-corrected chi connectivity index (χ2v) is 10.8. The second kappa shape index (κ2) is 13.8. The molecule has 0 aliphatic heterocycles. The van der Waals surface area contributed by atoms with Crippen molar-refractivity contribution < 1.29 is 26.2 Å². The third-order valence-corrected chi connectivity index (χ3v) is 8.06. The van der Waals surface area contributed by atoms with E-state index in [1.807, 2.05) is 30.3 Å². The summed E-state index contributed by atoms with van der Waals surface area (Å²) in [7, 11) is 0. The zero-order valence-electron chi connectivity index (χ0n) is 24.5. The van der Waals surface area contributed by atoms with Gasteiger partial charge in [0.15, 0.2) is 0 Å². The van der Waals surface area contributed by atoms with E-state index in [2.05, 4.69) is 152 Å². The molecule has 0 saturated carbocycles. The van der Waals surface area contributed by atoms with E-state index in [0.717, 1.165) is 6.42 Å². The van der Waals surface area contributed by atoms with Gasteiger partial charge in [-0.15, -0.1) is 68.6 Å². The van der Waals surface area contributed by atoms with E-state index in [0.29, 0.717) is 0 Å². The Morgan fingerprint density at radius 2 is 1.02 bits per heavy atom. The first kappa shape index (κ1) is 29.5. The van der Waals surface area contributed by atoms with Gasteiger partial charge in [0.1, 0.15) is 0 Å². The molecule has 0 saturated heterocycles. The van der Waals surface area contributed by atoms with Crippen molar-refractivity contribution >= 4 is 21.5 Å². The topological polar surface area (TPSA) is 0 Å². The molecule has 207 valence electrons. The molecule has 0 nitrogen and oxygen atoms in total. The summed E-state index contributed by atoms with van der Waals surface area (Å²) >= 11 is 0. The van der Waals surface area contributed by atoms with Gasteiger partial charge in [-0.1, -0.05) is 144 Å². The number of fused-ring (bicyclic) bond motifs is 6. The van der Waals surface area contributed by atoms with Crippen LogP contribution in [0.5, 0.6) is 0 Å². The molecule has 0 aromatic heterocycles. The van der Waals surface area contributed by atoms with Crippen LogP contribution in [0.2, 0.25) is 0 Å². The Balaban J connectivity index is 0.000000150. The van der Waals surface area contributed by atoms with Gasteiger partial charge < -0.3 is 0 Å². The van der Waals surface area contributed by atoms with Crippen LogP contribution in [0.25, 0.3) is 54.9 Å². The predicted molar refractivity (Wildman–Crippen MR) is 183 cm³/mol. The Morgan fingerprint density at radius 3 is 1.64 bits per heavy atom. The first-order valence-electron chi connectivity index (χ1n) is 14.8. The summed E-state index contributed by atoms with van der Waals surface area (Å²) in [4.78, 5) is 0. The first-order chi connectivity index (χ1) is 21.3. The number of benzene rings is 6. The molecule has 0 heterocycles. The molecule has 0 atom stereocenters. The summed E-state index contributed by atoms with van der Waals surface area (Å²) in [6, 6.07) is 65.3. The Kier molecular flexibility index (Phi) is 9.26. The van der Waals surface area contributed by atoms with Gasteiger partial charge in [-0.2, -0.15) is 18.2 Å². The Morgan fingerprint density at radius 1 is 0.477 bits per heavy atom. The fourth-order valence-electron chi connectivity index (χ4n) is 6.00. The largest absolute Gasteiger partial charge is 3.00 e. The van der Waals surface area contributed by atoms with E-state index < -0.39 is 0 Å². The van der Waals surface area contributed by atoms with Crippen molar-refractivity contribution in [2.75, 3.05) is 0 Å². The molecule has 1 radical (unpaired) electrons. The fourth-order valence-corrected chi connectivity index (χ4v) is 6.00. The van der Waals surface area contributed by atoms with Gasteiger partial charge in [0.2, 0.25) is 0 Å². The standard InChI is InChI=1S/C25H17.C13H9.C5H5.Zr/c1-3-9-18(10-4-1)23-16-21-15-20-13-7-8-14-22(20)25(21)17-24(23)19-11-5-2-6-12-19;1-3-7-12-10(5-1)9-11-6-2-4-8-13(11)12;1-2-4-5-3-1;/h1-14,17H,15H2;1-9H;1-5H;/q3*-1;+3. The van der Waals surface area contributed by atoms with Gasteiger partial charge in [-0.3, -0.25) is 0 Å². The van der Waals surface area contributed by atoms with Crippen molar-refractivity contribution in [1.29, 1.82) is 0 Å². The van der Waals surface area contributed by atoms with E-state index >= 15 is 0 Å². The van der Waals surface area contributed by atoms with Crippen LogP contribution in [-0.4, -0.2) is 0 Å². The maximum absolute atomic E-state index is 3.76. The molecule has 8 aromatic carbocycles. The third-order valence-electron chi connectivity index (χ3n) is 8.06. The third kappa shape index (κ3) is 6.21. The normalized spacial score (nSPS) is 10.9. The van der Waals surface area contributed by atoms with Gasteiger partial charge in [-0.25, -0.2) is 12.1 Å². The van der Waals surface area contributed by atoms with Crippen molar-refractivity contribution in [3.63, 3.8) is 0 Å². The van der Waals surface area contributed by atoms with Gasteiger partial charge in [0.05, 0.1) is 0 Å². The minimum absolute atomic E-state index is 0. The van der Waals surface area contributed by atoms with Crippen LogP contribution in [0.4, 0.5) is 0 Å². The Bertz CT molecular complexity index is 2010. The van der Waals surface area contributed by atoms with Gasteiger partial charge in [0.25, 0.3) is 0 Å². The molecule has 8 aromatic rings. The minimum atomic E-state index is 0. The van der Waals surface area contributed by atoms with E-state index in [1.54, 1.807) is 0 Å². The van der Waals surface area contributed by atoms with Crippen LogP contribution < -0.4 is 0 Å². The summed E-state index contributed by atoms with van der Waals surface area (Å²) < 4.78 is 0. The molecule has 0 amide bonds. The quantitative estimate of drug-likeness (QED) is 0.165. The van der Waals surface area contributed by atoms with Crippen molar-refractivity contribution in [1.82, 2.24) is 0 Å².